The van der Waals surface area contributed by atoms with Gasteiger partial charge in [0.1, 0.15) is 6.04 Å². The Kier molecular flexibility index (Phi) is 6.75. The van der Waals surface area contributed by atoms with Gasteiger partial charge in [0, 0.05) is 13.0 Å². The van der Waals surface area contributed by atoms with E-state index in [1.807, 2.05) is 0 Å². The molecule has 2 aliphatic heterocycles. The fourth-order valence-corrected chi connectivity index (χ4v) is 3.93. The summed E-state index contributed by atoms with van der Waals surface area (Å²) in [5.74, 6) is -2.19. The number of hydroxylamine groups is 2. The lowest BCUT2D eigenvalue weighted by atomic mass is 10.0. The van der Waals surface area contributed by atoms with E-state index in [9.17, 15) is 27.6 Å². The number of ether oxygens (including phenoxy) is 1. The van der Waals surface area contributed by atoms with E-state index in [0.717, 1.165) is 4.90 Å². The zero-order valence-corrected chi connectivity index (χ0v) is 17.4. The largest absolute Gasteiger partial charge is 0.473 e. The number of nitrogens with one attached hydrogen (secondary N) is 1. The Morgan fingerprint density at radius 3 is 2.55 bits per heavy atom. The molecule has 1 N–H and O–H groups in total. The van der Waals surface area contributed by atoms with Crippen molar-refractivity contribution in [1.82, 2.24) is 15.3 Å². The van der Waals surface area contributed by atoms with Crippen LogP contribution in [0.25, 0.3) is 0 Å². The van der Waals surface area contributed by atoms with E-state index in [1.54, 1.807) is 13.0 Å². The monoisotopic (exact) mass is 455 g/mol. The average molecular weight is 455 g/mol. The molecule has 0 spiro atoms. The molecule has 2 heterocycles. The predicted octanol–water partition coefficient (Wildman–Crippen LogP) is 0.315. The van der Waals surface area contributed by atoms with Gasteiger partial charge in [0.15, 0.2) is 6.73 Å². The first-order valence-electron chi connectivity index (χ1n) is 9.48. The summed E-state index contributed by atoms with van der Waals surface area (Å²) in [6.07, 6.45) is 0.673. The molecule has 3 rings (SSSR count). The van der Waals surface area contributed by atoms with Gasteiger partial charge in [-0.1, -0.05) is 25.1 Å². The van der Waals surface area contributed by atoms with Crippen LogP contribution in [0.3, 0.4) is 0 Å². The van der Waals surface area contributed by atoms with Gasteiger partial charge in [-0.15, -0.1) is 4.28 Å². The molecular weight excluding hydrogens is 434 g/mol. The molecule has 2 fully saturated rings. The number of piperidine rings is 1. The first-order valence-corrected chi connectivity index (χ1v) is 10.8. The van der Waals surface area contributed by atoms with Crippen molar-refractivity contribution in [3.05, 3.63) is 35.9 Å². The van der Waals surface area contributed by atoms with E-state index >= 15 is 0 Å². The van der Waals surface area contributed by atoms with Gasteiger partial charge in [0.25, 0.3) is 0 Å². The van der Waals surface area contributed by atoms with E-state index in [0.29, 0.717) is 5.06 Å². The van der Waals surface area contributed by atoms with Crippen LogP contribution >= 0.6 is 0 Å². The Labute approximate surface area is 178 Å². The Morgan fingerprint density at radius 2 is 1.87 bits per heavy atom. The maximum Gasteiger partial charge on any atom is 0.473 e. The summed E-state index contributed by atoms with van der Waals surface area (Å²) in [5.41, 5.74) is -0.00887. The van der Waals surface area contributed by atoms with Gasteiger partial charge in [-0.05, 0) is 25.0 Å². The maximum atomic E-state index is 12.6. The van der Waals surface area contributed by atoms with Gasteiger partial charge in [0.05, 0.1) is 11.6 Å². The molecule has 31 heavy (non-hydrogen) atoms. The minimum absolute atomic E-state index is 0.00887. The number of esters is 1. The second kappa shape index (κ2) is 9.31. The molecule has 2 aliphatic rings. The average Bonchev–Trinajstić information content (AvgIpc) is 2.98. The first kappa shape index (κ1) is 22.5. The Morgan fingerprint density at radius 1 is 1.16 bits per heavy atom. The van der Waals surface area contributed by atoms with E-state index in [-0.39, 0.29) is 38.1 Å². The van der Waals surface area contributed by atoms with Gasteiger partial charge in [0.2, 0.25) is 5.91 Å². The lowest BCUT2D eigenvalue weighted by molar-refractivity contribution is -0.145. The zero-order valence-electron chi connectivity index (χ0n) is 16.6. The van der Waals surface area contributed by atoms with Gasteiger partial charge >= 0.3 is 28.4 Å². The number of benzene rings is 1. The lowest BCUT2D eigenvalue weighted by Gasteiger charge is -2.29. The van der Waals surface area contributed by atoms with Crippen LogP contribution in [0.15, 0.2) is 30.3 Å². The fraction of sp³-hybridized carbons (Fsp3) is 0.444. The molecule has 2 atom stereocenters. The molecule has 1 aromatic carbocycles. The number of hydrogen-bond acceptors (Lipinski definition) is 9. The molecule has 12 nitrogen and oxygen atoms in total. The Balaban J connectivity index is 1.60. The van der Waals surface area contributed by atoms with Gasteiger partial charge in [-0.3, -0.25) is 9.59 Å². The minimum Gasteiger partial charge on any atom is -0.444 e. The van der Waals surface area contributed by atoms with Crippen LogP contribution < -0.4 is 5.32 Å². The summed E-state index contributed by atoms with van der Waals surface area (Å²) in [7, 11) is -4.88. The van der Waals surface area contributed by atoms with Crippen molar-refractivity contribution in [1.29, 1.82) is 0 Å². The SMILES string of the molecule is CCC(=O)OCNC(=O)[C@@H]1CC[C@@H]2CN1C(=O)N2OS(=O)(=O)OC(=O)c1ccccc1. The van der Waals surface area contributed by atoms with Crippen LogP contribution in [0, 0.1) is 0 Å². The third-order valence-corrected chi connectivity index (χ3v) is 5.45. The van der Waals surface area contributed by atoms with E-state index < -0.39 is 46.4 Å². The van der Waals surface area contributed by atoms with Crippen LogP contribution in [0.1, 0.15) is 36.5 Å². The molecule has 0 saturated carbocycles. The smallest absolute Gasteiger partial charge is 0.444 e. The molecule has 0 radical (unpaired) electrons. The second-order valence-electron chi connectivity index (χ2n) is 6.78. The van der Waals surface area contributed by atoms with Crippen molar-refractivity contribution < 1.29 is 40.8 Å². The van der Waals surface area contributed by atoms with Crippen molar-refractivity contribution in [2.45, 2.75) is 38.3 Å². The summed E-state index contributed by atoms with van der Waals surface area (Å²) in [5, 5.41) is 3.00. The number of amides is 3. The topological polar surface area (TPSA) is 149 Å². The summed E-state index contributed by atoms with van der Waals surface area (Å²) in [6.45, 7) is 1.32. The summed E-state index contributed by atoms with van der Waals surface area (Å²) in [4.78, 5) is 49.2. The van der Waals surface area contributed by atoms with Crippen LogP contribution in [-0.4, -0.2) is 67.6 Å². The number of carbonyl (C=O) groups is 4. The summed E-state index contributed by atoms with van der Waals surface area (Å²) < 4.78 is 38.2. The lowest BCUT2D eigenvalue weighted by Crippen LogP contribution is -2.50. The minimum atomic E-state index is -4.88. The van der Waals surface area contributed by atoms with Gasteiger partial charge in [-0.25, -0.2) is 9.59 Å². The van der Waals surface area contributed by atoms with Crippen molar-refractivity contribution in [3.8, 4) is 0 Å². The van der Waals surface area contributed by atoms with E-state index in [4.69, 9.17) is 9.02 Å². The fourth-order valence-electron chi connectivity index (χ4n) is 3.24. The van der Waals surface area contributed by atoms with Crippen molar-refractivity contribution in [3.63, 3.8) is 0 Å². The molecule has 13 heteroatoms. The predicted molar refractivity (Wildman–Crippen MR) is 102 cm³/mol. The molecule has 2 bridgehead atoms. The molecular formula is C18H21N3O9S. The maximum absolute atomic E-state index is 12.6. The van der Waals surface area contributed by atoms with Gasteiger partial charge < -0.3 is 19.1 Å². The molecule has 0 aromatic heterocycles. The Hall–Kier alpha value is -3.19. The van der Waals surface area contributed by atoms with E-state index in [2.05, 4.69) is 9.50 Å². The highest BCUT2D eigenvalue weighted by Crippen LogP contribution is 2.31. The van der Waals surface area contributed by atoms with Gasteiger partial charge in [-0.2, -0.15) is 13.5 Å². The zero-order chi connectivity index (χ0) is 22.6. The first-order chi connectivity index (χ1) is 14.7. The van der Waals surface area contributed by atoms with Crippen molar-refractivity contribution >= 4 is 34.3 Å². The number of carbonyl (C=O) groups excluding carboxylic acids is 4. The highest BCUT2D eigenvalue weighted by Gasteiger charge is 2.49. The highest BCUT2D eigenvalue weighted by molar-refractivity contribution is 7.82. The number of nitrogens with zero attached hydrogens (tertiary/aromatic N) is 2. The van der Waals surface area contributed by atoms with Crippen LogP contribution in [0.2, 0.25) is 0 Å². The molecule has 2 saturated heterocycles. The molecule has 0 unspecified atom stereocenters. The third kappa shape index (κ3) is 5.30. The molecule has 168 valence electrons. The quantitative estimate of drug-likeness (QED) is 0.432. The number of urea groups is 1. The molecule has 1 aromatic rings. The third-order valence-electron chi connectivity index (χ3n) is 4.75. The van der Waals surface area contributed by atoms with Crippen LogP contribution in [0.5, 0.6) is 0 Å². The van der Waals surface area contributed by atoms with Crippen LogP contribution in [0.4, 0.5) is 4.79 Å². The number of hydrogen-bond donors (Lipinski definition) is 1. The standard InChI is InChI=1S/C18H21N3O9S/c1-2-15(22)28-11-19-16(23)14-9-8-13-10-20(14)18(25)21(13)30-31(26,27)29-17(24)12-6-4-3-5-7-12/h3-7,13-14H,2,8-11H2,1H3,(H,19,23)/t13-,14+/m1/s1. The Bertz CT molecular complexity index is 967. The number of rotatable bonds is 8. The normalized spacial score (nSPS) is 20.4. The highest BCUT2D eigenvalue weighted by atomic mass is 32.3. The van der Waals surface area contributed by atoms with Crippen molar-refractivity contribution in [2.75, 3.05) is 13.3 Å². The summed E-state index contributed by atoms with van der Waals surface area (Å²) >= 11 is 0. The molecule has 0 aliphatic carbocycles. The van der Waals surface area contributed by atoms with E-state index in [1.165, 1.54) is 24.3 Å². The van der Waals surface area contributed by atoms with Crippen LogP contribution in [-0.2, 0) is 33.2 Å². The summed E-state index contributed by atoms with van der Waals surface area (Å²) in [6, 6.07) is 5.04. The molecule has 3 amide bonds. The number of fused-ring (bicyclic) bond motifs is 2. The second-order valence-corrected chi connectivity index (χ2v) is 7.91. The van der Waals surface area contributed by atoms with Crippen molar-refractivity contribution in [2.24, 2.45) is 0 Å².